The fourth-order valence-electron chi connectivity index (χ4n) is 2.97. The number of aryl methyl sites for hydroxylation is 2. The summed E-state index contributed by atoms with van der Waals surface area (Å²) in [5.41, 5.74) is 9.69. The molecule has 3 aromatic rings. The molecular weight excluding hydrogens is 364 g/mol. The van der Waals surface area contributed by atoms with Gasteiger partial charge in [-0.3, -0.25) is 5.43 Å². The summed E-state index contributed by atoms with van der Waals surface area (Å²) in [5, 5.41) is 16.4. The molecule has 0 radical (unpaired) electrons. The lowest BCUT2D eigenvalue weighted by Gasteiger charge is -2.06. The Morgan fingerprint density at radius 3 is 2.57 bits per heavy atom. The minimum Gasteiger partial charge on any atom is -0.277 e. The van der Waals surface area contributed by atoms with Gasteiger partial charge in [0.2, 0.25) is 0 Å². The first-order valence-corrected chi connectivity index (χ1v) is 10.2. The summed E-state index contributed by atoms with van der Waals surface area (Å²) < 4.78 is 0. The maximum absolute atomic E-state index is 9.52. The number of nitrogens with zero attached hydrogens (tertiary/aromatic N) is 3. The van der Waals surface area contributed by atoms with Gasteiger partial charge < -0.3 is 0 Å². The first kappa shape index (κ1) is 19.8. The topological polar surface area (TPSA) is 61.1 Å². The van der Waals surface area contributed by atoms with Crippen molar-refractivity contribution in [2.24, 2.45) is 11.0 Å². The van der Waals surface area contributed by atoms with Crippen molar-refractivity contribution in [3.8, 4) is 17.3 Å². The molecule has 0 saturated carbocycles. The van der Waals surface area contributed by atoms with E-state index >= 15 is 0 Å². The molecule has 0 saturated heterocycles. The molecule has 142 valence electrons. The zero-order valence-corrected chi connectivity index (χ0v) is 17.5. The third kappa shape index (κ3) is 4.85. The summed E-state index contributed by atoms with van der Waals surface area (Å²) in [5.74, 6) is 0.635. The average Bonchev–Trinajstić information content (AvgIpc) is 3.14. The minimum atomic E-state index is 0.285. The maximum atomic E-state index is 9.52. The van der Waals surface area contributed by atoms with E-state index in [1.807, 2.05) is 31.4 Å². The van der Waals surface area contributed by atoms with Crippen LogP contribution in [0.15, 0.2) is 52.9 Å². The van der Waals surface area contributed by atoms with Crippen molar-refractivity contribution in [1.82, 2.24) is 4.98 Å². The van der Waals surface area contributed by atoms with Gasteiger partial charge in [-0.15, -0.1) is 11.3 Å². The number of hydrogen-bond donors (Lipinski definition) is 1. The van der Waals surface area contributed by atoms with Gasteiger partial charge in [-0.1, -0.05) is 55.8 Å². The van der Waals surface area contributed by atoms with Gasteiger partial charge in [0, 0.05) is 10.9 Å². The molecule has 0 spiro atoms. The summed E-state index contributed by atoms with van der Waals surface area (Å²) in [6.07, 6.45) is 1.07. The molecule has 0 aliphatic rings. The van der Waals surface area contributed by atoms with Crippen molar-refractivity contribution in [3.63, 3.8) is 0 Å². The number of aromatic nitrogens is 1. The highest BCUT2D eigenvalue weighted by molar-refractivity contribution is 7.12. The van der Waals surface area contributed by atoms with Crippen LogP contribution in [0.25, 0.3) is 11.3 Å². The molecular formula is C23H24N4S. The summed E-state index contributed by atoms with van der Waals surface area (Å²) in [6, 6.07) is 16.7. The Labute approximate surface area is 170 Å². The summed E-state index contributed by atoms with van der Waals surface area (Å²) >= 11 is 1.43. The molecule has 3 rings (SSSR count). The van der Waals surface area contributed by atoms with Gasteiger partial charge in [-0.2, -0.15) is 10.4 Å². The van der Waals surface area contributed by atoms with Crippen LogP contribution >= 0.6 is 11.3 Å². The zero-order valence-electron chi connectivity index (χ0n) is 16.7. The molecule has 0 unspecified atom stereocenters. The second-order valence-electron chi connectivity index (χ2n) is 7.34. The molecule has 2 aromatic carbocycles. The van der Waals surface area contributed by atoms with Crippen molar-refractivity contribution in [2.45, 2.75) is 34.1 Å². The molecule has 0 amide bonds. The van der Waals surface area contributed by atoms with Gasteiger partial charge >= 0.3 is 0 Å². The van der Waals surface area contributed by atoms with Crippen LogP contribution in [0, 0.1) is 31.1 Å². The molecule has 1 N–H and O–H groups in total. The molecule has 1 aromatic heterocycles. The van der Waals surface area contributed by atoms with E-state index in [9.17, 15) is 5.26 Å². The average molecular weight is 389 g/mol. The van der Waals surface area contributed by atoms with Gasteiger partial charge in [-0.05, 0) is 43.4 Å². The molecule has 4 nitrogen and oxygen atoms in total. The lowest BCUT2D eigenvalue weighted by Crippen LogP contribution is -2.02. The predicted octanol–water partition coefficient (Wildman–Crippen LogP) is 5.97. The fraction of sp³-hybridized carbons (Fsp3) is 0.261. The smallest absolute Gasteiger partial charge is 0.196 e. The van der Waals surface area contributed by atoms with E-state index in [0.717, 1.165) is 28.9 Å². The molecule has 0 fully saturated rings. The van der Waals surface area contributed by atoms with Crippen molar-refractivity contribution >= 4 is 22.7 Å². The van der Waals surface area contributed by atoms with Gasteiger partial charge in [0.25, 0.3) is 0 Å². The van der Waals surface area contributed by atoms with Gasteiger partial charge in [0.1, 0.15) is 6.07 Å². The van der Waals surface area contributed by atoms with E-state index in [4.69, 9.17) is 0 Å². The molecule has 5 heteroatoms. The van der Waals surface area contributed by atoms with E-state index in [1.165, 1.54) is 22.5 Å². The van der Waals surface area contributed by atoms with Crippen LogP contribution in [-0.4, -0.2) is 10.7 Å². The van der Waals surface area contributed by atoms with Crippen LogP contribution in [0.3, 0.4) is 0 Å². The van der Waals surface area contributed by atoms with Crippen molar-refractivity contribution in [1.29, 1.82) is 5.26 Å². The van der Waals surface area contributed by atoms with Crippen molar-refractivity contribution < 1.29 is 0 Å². The molecule has 0 bridgehead atoms. The van der Waals surface area contributed by atoms with Gasteiger partial charge in [0.05, 0.1) is 11.4 Å². The standard InChI is InChI=1S/C23H24N4S/c1-15(2)11-18-6-8-19(9-7-18)22-14-28-23(25-22)21(13-24)27-26-20-10-5-16(3)12-17(20)4/h5-10,12,14-15,26H,11H2,1-4H3/b27-21+. The Bertz CT molecular complexity index is 1020. The van der Waals surface area contributed by atoms with E-state index in [2.05, 4.69) is 65.8 Å². The first-order chi connectivity index (χ1) is 13.5. The molecule has 0 aliphatic heterocycles. The Kier molecular flexibility index (Phi) is 6.23. The highest BCUT2D eigenvalue weighted by Gasteiger charge is 2.11. The second kappa shape index (κ2) is 8.81. The second-order valence-corrected chi connectivity index (χ2v) is 8.19. The highest BCUT2D eigenvalue weighted by Crippen LogP contribution is 2.24. The number of thiazole rings is 1. The number of benzene rings is 2. The van der Waals surface area contributed by atoms with E-state index in [0.29, 0.717) is 10.9 Å². The number of rotatable bonds is 6. The Hall–Kier alpha value is -2.97. The van der Waals surface area contributed by atoms with E-state index in [-0.39, 0.29) is 5.71 Å². The third-order valence-electron chi connectivity index (χ3n) is 4.38. The summed E-state index contributed by atoms with van der Waals surface area (Å²) in [7, 11) is 0. The Balaban J connectivity index is 1.78. The molecule has 0 atom stereocenters. The number of anilines is 1. The molecule has 1 heterocycles. The first-order valence-electron chi connectivity index (χ1n) is 9.32. The maximum Gasteiger partial charge on any atom is 0.196 e. The Morgan fingerprint density at radius 1 is 1.18 bits per heavy atom. The van der Waals surface area contributed by atoms with Crippen LogP contribution in [0.2, 0.25) is 0 Å². The highest BCUT2D eigenvalue weighted by atomic mass is 32.1. The van der Waals surface area contributed by atoms with Gasteiger partial charge in [0.15, 0.2) is 10.7 Å². The van der Waals surface area contributed by atoms with Crippen LogP contribution < -0.4 is 5.43 Å². The van der Waals surface area contributed by atoms with Crippen LogP contribution in [0.1, 0.15) is 35.5 Å². The van der Waals surface area contributed by atoms with Crippen LogP contribution in [0.5, 0.6) is 0 Å². The lowest BCUT2D eigenvalue weighted by molar-refractivity contribution is 0.647. The summed E-state index contributed by atoms with van der Waals surface area (Å²) in [6.45, 7) is 8.50. The largest absolute Gasteiger partial charge is 0.277 e. The number of hydrogen-bond acceptors (Lipinski definition) is 5. The SMILES string of the molecule is Cc1ccc(N/N=C(\C#N)c2nc(-c3ccc(CC(C)C)cc3)cs2)c(C)c1. The molecule has 28 heavy (non-hydrogen) atoms. The lowest BCUT2D eigenvalue weighted by atomic mass is 10.0. The number of hydrazone groups is 1. The van der Waals surface area contributed by atoms with Crippen molar-refractivity contribution in [2.75, 3.05) is 5.43 Å². The van der Waals surface area contributed by atoms with E-state index < -0.39 is 0 Å². The quantitative estimate of drug-likeness (QED) is 0.418. The monoisotopic (exact) mass is 388 g/mol. The summed E-state index contributed by atoms with van der Waals surface area (Å²) in [4.78, 5) is 4.62. The van der Waals surface area contributed by atoms with Crippen LogP contribution in [0.4, 0.5) is 5.69 Å². The zero-order chi connectivity index (χ0) is 20.1. The van der Waals surface area contributed by atoms with Crippen LogP contribution in [-0.2, 0) is 6.42 Å². The van der Waals surface area contributed by atoms with Crippen molar-refractivity contribution in [3.05, 3.63) is 69.5 Å². The number of nitrogens with one attached hydrogen (secondary N) is 1. The normalized spacial score (nSPS) is 11.5. The molecule has 0 aliphatic carbocycles. The predicted molar refractivity (Wildman–Crippen MR) is 118 cm³/mol. The van der Waals surface area contributed by atoms with E-state index in [1.54, 1.807) is 0 Å². The number of nitriles is 1. The third-order valence-corrected chi connectivity index (χ3v) is 5.23. The minimum absolute atomic E-state index is 0.285. The Morgan fingerprint density at radius 2 is 1.93 bits per heavy atom. The van der Waals surface area contributed by atoms with Gasteiger partial charge in [-0.25, -0.2) is 4.98 Å². The fourth-order valence-corrected chi connectivity index (χ4v) is 3.74.